The lowest BCUT2D eigenvalue weighted by Crippen LogP contribution is -2.57. The monoisotopic (exact) mass is 260 g/mol. The van der Waals surface area contributed by atoms with Crippen molar-refractivity contribution in [3.05, 3.63) is 0 Å². The molecule has 0 saturated heterocycles. The Hall–Kier alpha value is -1.63. The topological polar surface area (TPSA) is 119 Å². The molecule has 0 spiro atoms. The lowest BCUT2D eigenvalue weighted by molar-refractivity contribution is -0.149. The Morgan fingerprint density at radius 3 is 2.17 bits per heavy atom. The van der Waals surface area contributed by atoms with Crippen LogP contribution in [0.15, 0.2) is 0 Å². The van der Waals surface area contributed by atoms with Crippen LogP contribution in [0.25, 0.3) is 0 Å². The normalized spacial score (nSPS) is 12.7. The molecule has 0 aromatic carbocycles. The van der Waals surface area contributed by atoms with E-state index in [2.05, 4.69) is 10.1 Å². The summed E-state index contributed by atoms with van der Waals surface area (Å²) in [7, 11) is 1.15. The third-order valence-electron chi connectivity index (χ3n) is 2.92. The van der Waals surface area contributed by atoms with Gasteiger partial charge in [0.05, 0.1) is 19.1 Å². The molecule has 0 rings (SSSR count). The van der Waals surface area contributed by atoms with E-state index >= 15 is 0 Å². The van der Waals surface area contributed by atoms with Gasteiger partial charge in [-0.2, -0.15) is 0 Å². The highest BCUT2D eigenvalue weighted by molar-refractivity contribution is 5.91. The highest BCUT2D eigenvalue weighted by atomic mass is 16.5. The van der Waals surface area contributed by atoms with Gasteiger partial charge in [-0.25, -0.2) is 4.79 Å². The second-order valence-electron chi connectivity index (χ2n) is 4.01. The molecule has 0 radical (unpaired) electrons. The third kappa shape index (κ3) is 4.33. The van der Waals surface area contributed by atoms with Crippen LogP contribution in [0, 0.1) is 0 Å². The van der Waals surface area contributed by atoms with Gasteiger partial charge < -0.3 is 20.9 Å². The van der Waals surface area contributed by atoms with Crippen LogP contribution in [0.4, 0.5) is 0 Å². The number of ether oxygens (including phenoxy) is 1. The minimum Gasteiger partial charge on any atom is -0.480 e. The summed E-state index contributed by atoms with van der Waals surface area (Å²) in [6.07, 6.45) is 0.320. The van der Waals surface area contributed by atoms with Crippen LogP contribution in [0.2, 0.25) is 0 Å². The van der Waals surface area contributed by atoms with Crippen molar-refractivity contribution >= 4 is 17.8 Å². The number of carbonyl (C=O) groups excluding carboxylic acids is 2. The van der Waals surface area contributed by atoms with Gasteiger partial charge >= 0.3 is 11.9 Å². The molecule has 0 aliphatic rings. The number of carbonyl (C=O) groups is 3. The minimum atomic E-state index is -1.33. The Morgan fingerprint density at radius 2 is 1.83 bits per heavy atom. The molecule has 0 aromatic heterocycles. The number of nitrogens with one attached hydrogen (secondary N) is 1. The lowest BCUT2D eigenvalue weighted by atomic mass is 9.92. The van der Waals surface area contributed by atoms with Gasteiger partial charge in [0.2, 0.25) is 5.91 Å². The molecule has 1 amide bonds. The molecule has 7 heteroatoms. The summed E-state index contributed by atoms with van der Waals surface area (Å²) >= 11 is 0. The van der Waals surface area contributed by atoms with Crippen molar-refractivity contribution in [2.45, 2.75) is 44.7 Å². The highest BCUT2D eigenvalue weighted by Gasteiger charge is 2.33. The van der Waals surface area contributed by atoms with Crippen LogP contribution >= 0.6 is 0 Å². The number of nitrogens with two attached hydrogens (primary N) is 1. The molecule has 0 fully saturated rings. The SMILES string of the molecule is CCC(N)(CC)C(=O)N[C@@H](CC(=O)OC)C(=O)O. The van der Waals surface area contributed by atoms with E-state index in [4.69, 9.17) is 10.8 Å². The number of rotatable bonds is 7. The van der Waals surface area contributed by atoms with E-state index in [-0.39, 0.29) is 0 Å². The number of esters is 1. The molecular formula is C11H20N2O5. The van der Waals surface area contributed by atoms with E-state index in [0.717, 1.165) is 7.11 Å². The summed E-state index contributed by atoms with van der Waals surface area (Å²) < 4.78 is 4.37. The van der Waals surface area contributed by atoms with Crippen LogP contribution in [-0.2, 0) is 19.1 Å². The molecule has 0 aliphatic carbocycles. The number of hydrogen-bond acceptors (Lipinski definition) is 5. The zero-order valence-electron chi connectivity index (χ0n) is 10.9. The molecule has 0 aliphatic heterocycles. The standard InChI is InChI=1S/C11H20N2O5/c1-4-11(12,5-2)10(17)13-7(9(15)16)6-8(14)18-3/h7H,4-6,12H2,1-3H3,(H,13,17)(H,15,16)/t7-/m0/s1. The zero-order chi connectivity index (χ0) is 14.3. The molecule has 1 atom stereocenters. The van der Waals surface area contributed by atoms with Crippen molar-refractivity contribution in [2.75, 3.05) is 7.11 Å². The fourth-order valence-electron chi connectivity index (χ4n) is 1.32. The maximum atomic E-state index is 11.9. The molecule has 0 bridgehead atoms. The third-order valence-corrected chi connectivity index (χ3v) is 2.92. The average Bonchev–Trinajstić information content (AvgIpc) is 2.36. The minimum absolute atomic E-state index is 0.375. The van der Waals surface area contributed by atoms with E-state index in [1.54, 1.807) is 13.8 Å². The summed E-state index contributed by atoms with van der Waals surface area (Å²) in [5, 5.41) is 11.2. The average molecular weight is 260 g/mol. The summed E-state index contributed by atoms with van der Waals surface area (Å²) in [4.78, 5) is 33.8. The van der Waals surface area contributed by atoms with Gasteiger partial charge in [0.1, 0.15) is 6.04 Å². The van der Waals surface area contributed by atoms with Gasteiger partial charge in [0, 0.05) is 0 Å². The van der Waals surface area contributed by atoms with E-state index in [9.17, 15) is 14.4 Å². The lowest BCUT2D eigenvalue weighted by Gasteiger charge is -2.27. The number of methoxy groups -OCH3 is 1. The number of hydrogen-bond donors (Lipinski definition) is 3. The zero-order valence-corrected chi connectivity index (χ0v) is 10.9. The summed E-state index contributed by atoms with van der Waals surface area (Å²) in [6.45, 7) is 3.47. The Balaban J connectivity index is 4.74. The quantitative estimate of drug-likeness (QED) is 0.538. The summed E-state index contributed by atoms with van der Waals surface area (Å²) in [5.74, 6) is -2.59. The van der Waals surface area contributed by atoms with Crippen LogP contribution in [0.5, 0.6) is 0 Å². The fourth-order valence-corrected chi connectivity index (χ4v) is 1.32. The smallest absolute Gasteiger partial charge is 0.326 e. The first-order chi connectivity index (χ1) is 8.30. The van der Waals surface area contributed by atoms with Crippen molar-refractivity contribution in [3.63, 3.8) is 0 Å². The van der Waals surface area contributed by atoms with Crippen molar-refractivity contribution < 1.29 is 24.2 Å². The molecule has 7 nitrogen and oxygen atoms in total. The van der Waals surface area contributed by atoms with Gasteiger partial charge in [-0.1, -0.05) is 13.8 Å². The fraction of sp³-hybridized carbons (Fsp3) is 0.727. The van der Waals surface area contributed by atoms with Crippen LogP contribution in [0.3, 0.4) is 0 Å². The van der Waals surface area contributed by atoms with Gasteiger partial charge in [-0.3, -0.25) is 9.59 Å². The molecule has 0 aromatic rings. The number of amides is 1. The largest absolute Gasteiger partial charge is 0.480 e. The molecular weight excluding hydrogens is 240 g/mol. The van der Waals surface area contributed by atoms with Crippen LogP contribution in [-0.4, -0.2) is 41.6 Å². The second kappa shape index (κ2) is 6.95. The van der Waals surface area contributed by atoms with Crippen molar-refractivity contribution in [3.8, 4) is 0 Å². The summed E-state index contributed by atoms with van der Waals surface area (Å²) in [5.41, 5.74) is 4.71. The maximum absolute atomic E-state index is 11.9. The number of carboxylic acid groups (broad SMARTS) is 1. The predicted molar refractivity (Wildman–Crippen MR) is 63.7 cm³/mol. The summed E-state index contributed by atoms with van der Waals surface area (Å²) in [6, 6.07) is -1.33. The van der Waals surface area contributed by atoms with Gasteiger partial charge in [-0.15, -0.1) is 0 Å². The number of aliphatic carboxylic acids is 1. The molecule has 0 saturated carbocycles. The van der Waals surface area contributed by atoms with E-state index in [0.29, 0.717) is 12.8 Å². The highest BCUT2D eigenvalue weighted by Crippen LogP contribution is 2.12. The predicted octanol–water partition coefficient (Wildman–Crippen LogP) is -0.364. The second-order valence-corrected chi connectivity index (χ2v) is 4.01. The molecule has 0 unspecified atom stereocenters. The molecule has 0 heterocycles. The van der Waals surface area contributed by atoms with Gasteiger partial charge in [-0.05, 0) is 12.8 Å². The molecule has 104 valence electrons. The van der Waals surface area contributed by atoms with E-state index < -0.39 is 35.8 Å². The Bertz CT molecular complexity index is 325. The van der Waals surface area contributed by atoms with Gasteiger partial charge in [0.15, 0.2) is 0 Å². The molecule has 18 heavy (non-hydrogen) atoms. The maximum Gasteiger partial charge on any atom is 0.326 e. The van der Waals surface area contributed by atoms with Crippen molar-refractivity contribution in [1.82, 2.24) is 5.32 Å². The van der Waals surface area contributed by atoms with E-state index in [1.165, 1.54) is 0 Å². The molecule has 4 N–H and O–H groups in total. The Kier molecular flexibility index (Phi) is 6.32. The first-order valence-corrected chi connectivity index (χ1v) is 5.70. The van der Waals surface area contributed by atoms with Crippen molar-refractivity contribution in [2.24, 2.45) is 5.73 Å². The first kappa shape index (κ1) is 16.4. The number of carboxylic acids is 1. The van der Waals surface area contributed by atoms with Gasteiger partial charge in [0.25, 0.3) is 0 Å². The van der Waals surface area contributed by atoms with Crippen LogP contribution < -0.4 is 11.1 Å². The van der Waals surface area contributed by atoms with Crippen LogP contribution in [0.1, 0.15) is 33.1 Å². The van der Waals surface area contributed by atoms with E-state index in [1.807, 2.05) is 0 Å². The Labute approximate surface area is 106 Å². The first-order valence-electron chi connectivity index (χ1n) is 5.70. The Morgan fingerprint density at radius 1 is 1.33 bits per heavy atom. The van der Waals surface area contributed by atoms with Crippen molar-refractivity contribution in [1.29, 1.82) is 0 Å².